The van der Waals surface area contributed by atoms with Crippen molar-refractivity contribution in [1.29, 1.82) is 0 Å². The van der Waals surface area contributed by atoms with Crippen LogP contribution in [0.1, 0.15) is 72.4 Å². The number of carbonyl (C=O) groups excluding carboxylic acids is 1. The Morgan fingerprint density at radius 2 is 1.80 bits per heavy atom. The largest absolute Gasteiger partial charge is 0.338 e. The summed E-state index contributed by atoms with van der Waals surface area (Å²) in [4.78, 5) is 13.0. The van der Waals surface area contributed by atoms with Gasteiger partial charge in [0.15, 0.2) is 5.78 Å². The van der Waals surface area contributed by atoms with Crippen LogP contribution in [-0.4, -0.2) is 10.4 Å². The highest BCUT2D eigenvalue weighted by molar-refractivity contribution is 5.88. The van der Waals surface area contributed by atoms with E-state index in [9.17, 15) is 4.79 Å². The molecule has 2 heteroatoms. The Morgan fingerprint density at radius 1 is 1.20 bits per heavy atom. The zero-order valence-electron chi connectivity index (χ0n) is 13.7. The summed E-state index contributed by atoms with van der Waals surface area (Å²) < 4.78 is 2.31. The Kier molecular flexibility index (Phi) is 4.13. The average molecular weight is 275 g/mol. The molecule has 1 saturated carbocycles. The van der Waals surface area contributed by atoms with Crippen LogP contribution in [0.15, 0.2) is 18.3 Å². The molecule has 20 heavy (non-hydrogen) atoms. The van der Waals surface area contributed by atoms with Gasteiger partial charge in [0.1, 0.15) is 5.54 Å². The van der Waals surface area contributed by atoms with E-state index in [0.29, 0.717) is 5.78 Å². The molecule has 1 aliphatic carbocycles. The van der Waals surface area contributed by atoms with Crippen molar-refractivity contribution in [1.82, 2.24) is 4.57 Å². The van der Waals surface area contributed by atoms with Crippen molar-refractivity contribution < 1.29 is 4.79 Å². The molecule has 0 spiro atoms. The first-order valence-corrected chi connectivity index (χ1v) is 8.02. The molecule has 0 N–H and O–H groups in total. The van der Waals surface area contributed by atoms with Gasteiger partial charge in [-0.25, -0.2) is 0 Å². The van der Waals surface area contributed by atoms with E-state index in [2.05, 4.69) is 43.7 Å². The van der Waals surface area contributed by atoms with E-state index in [4.69, 9.17) is 0 Å². The minimum Gasteiger partial charge on any atom is -0.338 e. The summed E-state index contributed by atoms with van der Waals surface area (Å²) in [6.07, 6.45) is 7.73. The van der Waals surface area contributed by atoms with E-state index in [1.54, 1.807) is 0 Å². The van der Waals surface area contributed by atoms with E-state index in [1.165, 1.54) is 25.0 Å². The summed E-state index contributed by atoms with van der Waals surface area (Å²) in [5.74, 6) is 0.516. The number of Topliss-reactive ketones (excluding diaryl/α,β-unsaturated/α-hetero) is 1. The molecule has 0 unspecified atom stereocenters. The van der Waals surface area contributed by atoms with Gasteiger partial charge in [-0.15, -0.1) is 0 Å². The molecule has 1 heterocycles. The summed E-state index contributed by atoms with van der Waals surface area (Å²) in [5, 5.41) is 0. The first-order chi connectivity index (χ1) is 9.29. The highest BCUT2D eigenvalue weighted by Crippen LogP contribution is 2.40. The second kappa shape index (κ2) is 5.38. The Labute approximate surface area is 123 Å². The van der Waals surface area contributed by atoms with Gasteiger partial charge in [0.05, 0.1) is 0 Å². The van der Waals surface area contributed by atoms with Crippen molar-refractivity contribution in [2.75, 3.05) is 0 Å². The van der Waals surface area contributed by atoms with Gasteiger partial charge in [0, 0.05) is 23.2 Å². The molecule has 2 rings (SSSR count). The fourth-order valence-corrected chi connectivity index (χ4v) is 3.65. The van der Waals surface area contributed by atoms with Gasteiger partial charge in [0.25, 0.3) is 0 Å². The van der Waals surface area contributed by atoms with Crippen LogP contribution >= 0.6 is 0 Å². The molecule has 1 aromatic rings. The summed E-state index contributed by atoms with van der Waals surface area (Å²) >= 11 is 0. The van der Waals surface area contributed by atoms with E-state index in [1.807, 2.05) is 13.8 Å². The van der Waals surface area contributed by atoms with Crippen molar-refractivity contribution in [3.8, 4) is 0 Å². The molecule has 1 fully saturated rings. The molecule has 1 aromatic heterocycles. The van der Waals surface area contributed by atoms with Crippen LogP contribution in [0.5, 0.6) is 0 Å². The van der Waals surface area contributed by atoms with Crippen LogP contribution in [-0.2, 0) is 15.7 Å². The van der Waals surface area contributed by atoms with Gasteiger partial charge in [0.2, 0.25) is 0 Å². The maximum atomic E-state index is 13.0. The van der Waals surface area contributed by atoms with Crippen LogP contribution in [0.3, 0.4) is 0 Å². The molecule has 2 nitrogen and oxygen atoms in total. The Morgan fingerprint density at radius 3 is 2.30 bits per heavy atom. The Hall–Kier alpha value is -1.05. The molecular weight excluding hydrogens is 246 g/mol. The summed E-state index contributed by atoms with van der Waals surface area (Å²) in [7, 11) is 0. The third-order valence-corrected chi connectivity index (χ3v) is 4.64. The Balaban J connectivity index is 2.53. The topological polar surface area (TPSA) is 22.0 Å². The SMILES string of the molecule is CC(C)C(=O)C1(n2cccc2C(C)(C)C)CCCCC1. The van der Waals surface area contributed by atoms with Crippen molar-refractivity contribution in [3.05, 3.63) is 24.0 Å². The average Bonchev–Trinajstić information content (AvgIpc) is 2.88. The molecule has 0 radical (unpaired) electrons. The molecule has 0 atom stereocenters. The van der Waals surface area contributed by atoms with E-state index in [0.717, 1.165) is 12.8 Å². The maximum Gasteiger partial charge on any atom is 0.161 e. The molecule has 0 aliphatic heterocycles. The molecule has 0 bridgehead atoms. The third kappa shape index (κ3) is 2.57. The van der Waals surface area contributed by atoms with Gasteiger partial charge in [-0.2, -0.15) is 0 Å². The third-order valence-electron chi connectivity index (χ3n) is 4.64. The number of aromatic nitrogens is 1. The molecular formula is C18H29NO. The lowest BCUT2D eigenvalue weighted by molar-refractivity contribution is -0.132. The predicted molar refractivity (Wildman–Crippen MR) is 84.0 cm³/mol. The second-order valence-corrected chi connectivity index (χ2v) is 7.62. The van der Waals surface area contributed by atoms with Crippen LogP contribution in [0.4, 0.5) is 0 Å². The fraction of sp³-hybridized carbons (Fsp3) is 0.722. The molecule has 0 aromatic carbocycles. The number of rotatable bonds is 3. The number of ketones is 1. The second-order valence-electron chi connectivity index (χ2n) is 7.62. The van der Waals surface area contributed by atoms with Crippen molar-refractivity contribution in [3.63, 3.8) is 0 Å². The molecule has 1 aliphatic rings. The van der Waals surface area contributed by atoms with Crippen LogP contribution < -0.4 is 0 Å². The minimum absolute atomic E-state index is 0.0746. The fourth-order valence-electron chi connectivity index (χ4n) is 3.65. The van der Waals surface area contributed by atoms with E-state index >= 15 is 0 Å². The van der Waals surface area contributed by atoms with Crippen molar-refractivity contribution in [2.24, 2.45) is 5.92 Å². The molecule has 112 valence electrons. The lowest BCUT2D eigenvalue weighted by atomic mass is 9.74. The summed E-state index contributed by atoms with van der Waals surface area (Å²) in [6.45, 7) is 10.8. The zero-order valence-corrected chi connectivity index (χ0v) is 13.7. The lowest BCUT2D eigenvalue weighted by Crippen LogP contribution is -2.47. The van der Waals surface area contributed by atoms with Gasteiger partial charge in [-0.05, 0) is 25.0 Å². The molecule has 0 amide bonds. The smallest absolute Gasteiger partial charge is 0.161 e. The van der Waals surface area contributed by atoms with Gasteiger partial charge in [-0.3, -0.25) is 4.79 Å². The van der Waals surface area contributed by atoms with Crippen molar-refractivity contribution >= 4 is 5.78 Å². The lowest BCUT2D eigenvalue weighted by Gasteiger charge is -2.41. The van der Waals surface area contributed by atoms with E-state index < -0.39 is 0 Å². The highest BCUT2D eigenvalue weighted by Gasteiger charge is 2.43. The van der Waals surface area contributed by atoms with Crippen molar-refractivity contribution in [2.45, 2.75) is 77.7 Å². The van der Waals surface area contributed by atoms with Gasteiger partial charge < -0.3 is 4.57 Å². The number of hydrogen-bond donors (Lipinski definition) is 0. The predicted octanol–water partition coefficient (Wildman–Crippen LogP) is 4.67. The molecule has 0 saturated heterocycles. The quantitative estimate of drug-likeness (QED) is 0.785. The van der Waals surface area contributed by atoms with Crippen LogP contribution in [0.2, 0.25) is 0 Å². The number of nitrogens with zero attached hydrogens (tertiary/aromatic N) is 1. The normalized spacial score (nSPS) is 19.3. The monoisotopic (exact) mass is 275 g/mol. The summed E-state index contributed by atoms with van der Waals surface area (Å²) in [5.41, 5.74) is 1.07. The van der Waals surface area contributed by atoms with Gasteiger partial charge in [-0.1, -0.05) is 53.9 Å². The minimum atomic E-state index is -0.293. The van der Waals surface area contributed by atoms with Crippen LogP contribution in [0.25, 0.3) is 0 Å². The number of carbonyl (C=O) groups is 1. The summed E-state index contributed by atoms with van der Waals surface area (Å²) in [6, 6.07) is 4.29. The maximum absolute atomic E-state index is 13.0. The van der Waals surface area contributed by atoms with Crippen LogP contribution in [0, 0.1) is 5.92 Å². The number of hydrogen-bond acceptors (Lipinski definition) is 1. The zero-order chi connectivity index (χ0) is 15.0. The van der Waals surface area contributed by atoms with Gasteiger partial charge >= 0.3 is 0 Å². The Bertz CT molecular complexity index is 470. The standard InChI is InChI=1S/C18H29NO/c1-14(2)16(20)18(11-7-6-8-12-18)19-13-9-10-15(19)17(3,4)5/h9-10,13-14H,6-8,11-12H2,1-5H3. The first kappa shape index (κ1) is 15.3. The first-order valence-electron chi connectivity index (χ1n) is 8.02. The highest BCUT2D eigenvalue weighted by atomic mass is 16.1. The van der Waals surface area contributed by atoms with E-state index in [-0.39, 0.29) is 16.9 Å².